The summed E-state index contributed by atoms with van der Waals surface area (Å²) in [5.41, 5.74) is 0. The molecule has 8 heteroatoms. The van der Waals surface area contributed by atoms with E-state index in [9.17, 15) is 22.8 Å². The maximum Gasteiger partial charge on any atom is 0.391 e. The lowest BCUT2D eigenvalue weighted by atomic mass is 9.96. The van der Waals surface area contributed by atoms with Crippen LogP contribution < -0.4 is 5.32 Å². The summed E-state index contributed by atoms with van der Waals surface area (Å²) in [6.45, 7) is 3.27. The minimum Gasteiger partial charge on any atom is -0.480 e. The molecule has 0 radical (unpaired) electrons. The van der Waals surface area contributed by atoms with Crippen LogP contribution >= 0.6 is 0 Å². The number of nitrogens with zero attached hydrogens (tertiary/aromatic N) is 1. The van der Waals surface area contributed by atoms with Gasteiger partial charge in [-0.1, -0.05) is 13.8 Å². The predicted molar refractivity (Wildman–Crippen MR) is 65.1 cm³/mol. The van der Waals surface area contributed by atoms with Crippen molar-refractivity contribution in [3.63, 3.8) is 0 Å². The molecular weight excluding hydrogens is 277 g/mol. The number of rotatable bonds is 3. The summed E-state index contributed by atoms with van der Waals surface area (Å²) in [6, 6.07) is -1.66. The standard InChI is InChI=1S/C12H19F3N2O3/c1-7(2)9(10(18)19)16-11(20)17-5-3-8(4-6-17)12(13,14)15/h7-9H,3-6H2,1-2H3,(H,16,20)(H,18,19)/t9-/m1/s1. The number of nitrogens with one attached hydrogen (secondary N) is 1. The van der Waals surface area contributed by atoms with Gasteiger partial charge >= 0.3 is 18.2 Å². The highest BCUT2D eigenvalue weighted by atomic mass is 19.4. The van der Waals surface area contributed by atoms with Gasteiger partial charge in [-0.2, -0.15) is 13.2 Å². The minimum atomic E-state index is -4.23. The summed E-state index contributed by atoms with van der Waals surface area (Å²) in [6.07, 6.45) is -4.52. The number of likely N-dealkylation sites (tertiary alicyclic amines) is 1. The molecule has 1 aliphatic heterocycles. The van der Waals surface area contributed by atoms with Gasteiger partial charge in [-0.05, 0) is 18.8 Å². The van der Waals surface area contributed by atoms with E-state index in [4.69, 9.17) is 5.11 Å². The molecule has 0 spiro atoms. The topological polar surface area (TPSA) is 69.6 Å². The molecule has 1 aliphatic rings. The lowest BCUT2D eigenvalue weighted by Gasteiger charge is -2.33. The average molecular weight is 296 g/mol. The van der Waals surface area contributed by atoms with E-state index in [0.717, 1.165) is 0 Å². The van der Waals surface area contributed by atoms with E-state index in [1.54, 1.807) is 13.8 Å². The Labute approximate surface area is 115 Å². The number of carbonyl (C=O) groups is 2. The first kappa shape index (κ1) is 16.6. The Morgan fingerprint density at radius 1 is 1.25 bits per heavy atom. The molecule has 0 unspecified atom stereocenters. The second-order valence-corrected chi connectivity index (χ2v) is 5.31. The fourth-order valence-electron chi connectivity index (χ4n) is 2.15. The lowest BCUT2D eigenvalue weighted by Crippen LogP contribution is -2.52. The van der Waals surface area contributed by atoms with Gasteiger partial charge in [-0.25, -0.2) is 9.59 Å². The van der Waals surface area contributed by atoms with Crippen molar-refractivity contribution < 1.29 is 27.9 Å². The number of hydrogen-bond acceptors (Lipinski definition) is 2. The number of piperidine rings is 1. The molecule has 0 aromatic rings. The average Bonchev–Trinajstić information content (AvgIpc) is 2.34. The number of aliphatic carboxylic acids is 1. The van der Waals surface area contributed by atoms with Crippen molar-refractivity contribution in [2.24, 2.45) is 11.8 Å². The Balaban J connectivity index is 2.53. The number of hydrogen-bond donors (Lipinski definition) is 2. The zero-order valence-electron chi connectivity index (χ0n) is 11.4. The Morgan fingerprint density at radius 2 is 1.75 bits per heavy atom. The van der Waals surface area contributed by atoms with Crippen LogP contribution in [-0.4, -0.2) is 47.3 Å². The van der Waals surface area contributed by atoms with Crippen molar-refractivity contribution >= 4 is 12.0 Å². The van der Waals surface area contributed by atoms with Crippen LogP contribution in [0.2, 0.25) is 0 Å². The quantitative estimate of drug-likeness (QED) is 0.837. The highest BCUT2D eigenvalue weighted by Crippen LogP contribution is 2.34. The lowest BCUT2D eigenvalue weighted by molar-refractivity contribution is -0.183. The first-order chi connectivity index (χ1) is 9.12. The first-order valence-electron chi connectivity index (χ1n) is 6.48. The molecule has 0 bridgehead atoms. The van der Waals surface area contributed by atoms with Crippen molar-refractivity contribution in [1.82, 2.24) is 10.2 Å². The van der Waals surface area contributed by atoms with Crippen LogP contribution in [0, 0.1) is 11.8 Å². The van der Waals surface area contributed by atoms with E-state index >= 15 is 0 Å². The smallest absolute Gasteiger partial charge is 0.391 e. The summed E-state index contributed by atoms with van der Waals surface area (Å²) < 4.78 is 37.5. The fourth-order valence-corrected chi connectivity index (χ4v) is 2.15. The van der Waals surface area contributed by atoms with Crippen molar-refractivity contribution in [1.29, 1.82) is 0 Å². The fraction of sp³-hybridized carbons (Fsp3) is 0.833. The van der Waals surface area contributed by atoms with Crippen molar-refractivity contribution in [2.75, 3.05) is 13.1 Å². The molecule has 0 aliphatic carbocycles. The largest absolute Gasteiger partial charge is 0.480 e. The number of carbonyl (C=O) groups excluding carboxylic acids is 1. The van der Waals surface area contributed by atoms with Crippen molar-refractivity contribution in [3.05, 3.63) is 0 Å². The molecule has 0 aromatic carbocycles. The molecular formula is C12H19F3N2O3. The number of alkyl halides is 3. The zero-order chi connectivity index (χ0) is 15.5. The third-order valence-corrected chi connectivity index (χ3v) is 3.46. The van der Waals surface area contributed by atoms with E-state index in [-0.39, 0.29) is 31.8 Å². The third kappa shape index (κ3) is 4.28. The Bertz CT molecular complexity index is 363. The van der Waals surface area contributed by atoms with E-state index in [1.165, 1.54) is 4.90 Å². The van der Waals surface area contributed by atoms with Crippen LogP contribution in [0.5, 0.6) is 0 Å². The predicted octanol–water partition coefficient (Wildman–Crippen LogP) is 2.08. The summed E-state index contributed by atoms with van der Waals surface area (Å²) in [5.74, 6) is -2.84. The second kappa shape index (κ2) is 6.32. The molecule has 20 heavy (non-hydrogen) atoms. The molecule has 2 N–H and O–H groups in total. The number of amides is 2. The van der Waals surface area contributed by atoms with E-state index in [2.05, 4.69) is 5.32 Å². The van der Waals surface area contributed by atoms with Gasteiger partial charge in [-0.15, -0.1) is 0 Å². The van der Waals surface area contributed by atoms with Crippen LogP contribution in [0.3, 0.4) is 0 Å². The summed E-state index contributed by atoms with van der Waals surface area (Å²) >= 11 is 0. The zero-order valence-corrected chi connectivity index (χ0v) is 11.4. The maximum absolute atomic E-state index is 12.5. The molecule has 5 nitrogen and oxygen atoms in total. The molecule has 116 valence electrons. The monoisotopic (exact) mass is 296 g/mol. The van der Waals surface area contributed by atoms with Crippen LogP contribution in [0.15, 0.2) is 0 Å². The Morgan fingerprint density at radius 3 is 2.10 bits per heavy atom. The van der Waals surface area contributed by atoms with Gasteiger partial charge in [0, 0.05) is 13.1 Å². The van der Waals surface area contributed by atoms with E-state index < -0.39 is 30.1 Å². The minimum absolute atomic E-state index is 0.0134. The summed E-state index contributed by atoms with van der Waals surface area (Å²) in [4.78, 5) is 24.0. The highest BCUT2D eigenvalue weighted by molar-refractivity contribution is 5.82. The second-order valence-electron chi connectivity index (χ2n) is 5.31. The van der Waals surface area contributed by atoms with Gasteiger partial charge < -0.3 is 15.3 Å². The van der Waals surface area contributed by atoms with Crippen LogP contribution in [0.1, 0.15) is 26.7 Å². The molecule has 1 saturated heterocycles. The Kier molecular flexibility index (Phi) is 5.24. The van der Waals surface area contributed by atoms with Gasteiger partial charge in [0.25, 0.3) is 0 Å². The number of urea groups is 1. The van der Waals surface area contributed by atoms with Crippen molar-refractivity contribution in [2.45, 2.75) is 38.9 Å². The maximum atomic E-state index is 12.5. The molecule has 2 amide bonds. The van der Waals surface area contributed by atoms with Crippen molar-refractivity contribution in [3.8, 4) is 0 Å². The van der Waals surface area contributed by atoms with Gasteiger partial charge in [0.15, 0.2) is 0 Å². The highest BCUT2D eigenvalue weighted by Gasteiger charge is 2.42. The van der Waals surface area contributed by atoms with Gasteiger partial charge in [0.1, 0.15) is 6.04 Å². The SMILES string of the molecule is CC(C)[C@@H](NC(=O)N1CCC(C(F)(F)F)CC1)C(=O)O. The van der Waals surface area contributed by atoms with E-state index in [0.29, 0.717) is 0 Å². The molecule has 0 saturated carbocycles. The first-order valence-corrected chi connectivity index (χ1v) is 6.48. The van der Waals surface area contributed by atoms with E-state index in [1.807, 2.05) is 0 Å². The normalized spacial score (nSPS) is 19.0. The van der Waals surface area contributed by atoms with Crippen LogP contribution in [0.4, 0.5) is 18.0 Å². The molecule has 1 atom stereocenters. The molecule has 0 aromatic heterocycles. The van der Waals surface area contributed by atoms with Crippen LogP contribution in [0.25, 0.3) is 0 Å². The summed E-state index contributed by atoms with van der Waals surface area (Å²) in [5, 5.41) is 11.3. The number of carboxylic acid groups (broad SMARTS) is 1. The molecule has 1 fully saturated rings. The van der Waals surface area contributed by atoms with Gasteiger partial charge in [0.2, 0.25) is 0 Å². The summed E-state index contributed by atoms with van der Waals surface area (Å²) in [7, 11) is 0. The third-order valence-electron chi connectivity index (χ3n) is 3.46. The van der Waals surface area contributed by atoms with Gasteiger partial charge in [-0.3, -0.25) is 0 Å². The van der Waals surface area contributed by atoms with Crippen LogP contribution in [-0.2, 0) is 4.79 Å². The molecule has 1 rings (SSSR count). The molecule has 1 heterocycles. The van der Waals surface area contributed by atoms with Gasteiger partial charge in [0.05, 0.1) is 5.92 Å². The number of carboxylic acids is 1. The number of halogens is 3. The Hall–Kier alpha value is -1.47.